The number of nitrogens with one attached hydrogen (secondary N) is 2. The van der Waals surface area contributed by atoms with Crippen LogP contribution in [0.4, 0.5) is 20.6 Å². The Bertz CT molecular complexity index is 1780. The quantitative estimate of drug-likeness (QED) is 0.206. The molecule has 0 radical (unpaired) electrons. The molecule has 1 unspecified atom stereocenters. The highest BCUT2D eigenvalue weighted by atomic mass is 32.2. The zero-order valence-electron chi connectivity index (χ0n) is 29.8. The van der Waals surface area contributed by atoms with Crippen LogP contribution in [0, 0.1) is 5.82 Å². The van der Waals surface area contributed by atoms with Crippen LogP contribution < -0.4 is 20.4 Å². The minimum Gasteiger partial charge on any atom is -0.507 e. The molecule has 4 aliphatic heterocycles. The molecule has 6 rings (SSSR count). The number of para-hydroxylation sites is 1. The standard InChI is InChI=1S/C36H44FN7O8S2/c1-22(45)39-18-24-19-44(36(51)52-24)23-7-8-28(26(37)17-23)41-13-15-42(16-14-41)32(48)10-9-31(47)38-11-4-12-43-29(35(49)50)21-54-34(43)27-20-53-33(40-27)25-5-2-3-6-30(25)46/h2-3,5-8,17,24,27,29,34,46H,4,9-16,18-21H2,1H3,(H,38,47)(H,39,45)(H,49,50)/t24-,27+,29-,34?/m0/s1. The zero-order chi connectivity index (χ0) is 38.4. The lowest BCUT2D eigenvalue weighted by Crippen LogP contribution is -2.49. The lowest BCUT2D eigenvalue weighted by molar-refractivity contribution is -0.142. The lowest BCUT2D eigenvalue weighted by atomic mass is 10.2. The number of nitrogens with zero attached hydrogens (tertiary/aromatic N) is 5. The summed E-state index contributed by atoms with van der Waals surface area (Å²) >= 11 is 3.11. The first-order chi connectivity index (χ1) is 26.0. The van der Waals surface area contributed by atoms with Gasteiger partial charge in [-0.1, -0.05) is 12.1 Å². The summed E-state index contributed by atoms with van der Waals surface area (Å²) in [6, 6.07) is 10.7. The molecule has 4 N–H and O–H groups in total. The van der Waals surface area contributed by atoms with Crippen molar-refractivity contribution in [2.24, 2.45) is 4.99 Å². The highest BCUT2D eigenvalue weighted by Gasteiger charge is 2.43. The van der Waals surface area contributed by atoms with Crippen molar-refractivity contribution in [1.29, 1.82) is 0 Å². The van der Waals surface area contributed by atoms with Gasteiger partial charge < -0.3 is 35.4 Å². The average Bonchev–Trinajstić information content (AvgIpc) is 3.90. The number of halogens is 1. The van der Waals surface area contributed by atoms with Gasteiger partial charge in [0.25, 0.3) is 0 Å². The van der Waals surface area contributed by atoms with Crippen LogP contribution in [0.25, 0.3) is 0 Å². The number of benzene rings is 2. The van der Waals surface area contributed by atoms with E-state index in [0.29, 0.717) is 74.1 Å². The first-order valence-corrected chi connectivity index (χ1v) is 19.9. The summed E-state index contributed by atoms with van der Waals surface area (Å²) in [5.74, 6) is -0.803. The third kappa shape index (κ3) is 9.38. The number of carboxylic acid groups (broad SMARTS) is 1. The number of aliphatic imine (C=N–C) groups is 1. The SMILES string of the molecule is CC(=O)NC[C@H]1CN(c2ccc(N3CCN(C(=O)CCC(=O)NCCCN4C([C@H]5CSC(c6ccccc6O)=N5)SC[C@H]4C(=O)O)CC3)c(F)c2)C(=O)O1. The number of cyclic esters (lactones) is 1. The third-order valence-electron chi connectivity index (χ3n) is 9.72. The van der Waals surface area contributed by atoms with E-state index in [1.54, 1.807) is 52.7 Å². The number of aromatic hydroxyl groups is 1. The number of piperazine rings is 1. The molecule has 4 aliphatic rings. The Balaban J connectivity index is 0.909. The number of thioether (sulfide) groups is 2. The average molecular weight is 786 g/mol. The van der Waals surface area contributed by atoms with E-state index in [1.807, 2.05) is 21.9 Å². The number of hydrogen-bond donors (Lipinski definition) is 4. The molecule has 3 saturated heterocycles. The second-order valence-electron chi connectivity index (χ2n) is 13.4. The number of hydrogen-bond acceptors (Lipinski definition) is 12. The van der Waals surface area contributed by atoms with Crippen LogP contribution in [0.5, 0.6) is 5.75 Å². The number of carboxylic acids is 1. The van der Waals surface area contributed by atoms with Gasteiger partial charge >= 0.3 is 12.1 Å². The fourth-order valence-corrected chi connectivity index (χ4v) is 9.68. The topological polar surface area (TPSA) is 184 Å². The fraction of sp³-hybridized carbons (Fsp3) is 0.500. The van der Waals surface area contributed by atoms with Gasteiger partial charge in [0.2, 0.25) is 17.7 Å². The number of rotatable bonds is 14. The molecule has 15 nitrogen and oxygen atoms in total. The van der Waals surface area contributed by atoms with Crippen LogP contribution in [-0.2, 0) is 23.9 Å². The molecule has 2 aromatic rings. The summed E-state index contributed by atoms with van der Waals surface area (Å²) in [6.07, 6.45) is -0.573. The van der Waals surface area contributed by atoms with Crippen molar-refractivity contribution in [2.75, 3.05) is 73.7 Å². The Labute approximate surface area is 320 Å². The maximum absolute atomic E-state index is 15.2. The normalized spacial score (nSPS) is 23.0. The molecule has 0 spiro atoms. The third-order valence-corrected chi connectivity index (χ3v) is 12.3. The molecule has 18 heteroatoms. The number of amides is 4. The number of phenols is 1. The molecular weight excluding hydrogens is 742 g/mol. The second kappa shape index (κ2) is 17.7. The van der Waals surface area contributed by atoms with Gasteiger partial charge in [-0.05, 0) is 36.8 Å². The molecule has 0 aliphatic carbocycles. The minimum absolute atomic E-state index is 0.0167. The Kier molecular flexibility index (Phi) is 12.9. The number of anilines is 2. The van der Waals surface area contributed by atoms with Crippen molar-refractivity contribution in [3.63, 3.8) is 0 Å². The smallest absolute Gasteiger partial charge is 0.414 e. The van der Waals surface area contributed by atoms with Crippen LogP contribution in [0.15, 0.2) is 47.5 Å². The van der Waals surface area contributed by atoms with E-state index >= 15 is 4.39 Å². The van der Waals surface area contributed by atoms with Crippen molar-refractivity contribution < 1.29 is 43.3 Å². The molecule has 54 heavy (non-hydrogen) atoms. The highest BCUT2D eigenvalue weighted by molar-refractivity contribution is 8.14. The van der Waals surface area contributed by atoms with E-state index in [4.69, 9.17) is 9.73 Å². The molecule has 290 valence electrons. The van der Waals surface area contributed by atoms with Crippen molar-refractivity contribution >= 4 is 69.7 Å². The van der Waals surface area contributed by atoms with Crippen LogP contribution in [-0.4, -0.2) is 142 Å². The summed E-state index contributed by atoms with van der Waals surface area (Å²) in [5.41, 5.74) is 1.37. The first-order valence-electron chi connectivity index (χ1n) is 17.9. The summed E-state index contributed by atoms with van der Waals surface area (Å²) < 4.78 is 20.5. The number of phenolic OH excluding ortho intramolecular Hbond substituents is 1. The summed E-state index contributed by atoms with van der Waals surface area (Å²) in [7, 11) is 0. The molecule has 3 fully saturated rings. The summed E-state index contributed by atoms with van der Waals surface area (Å²) in [6.45, 7) is 4.03. The number of carbonyl (C=O) groups excluding carboxylic acids is 4. The Morgan fingerprint density at radius 2 is 1.81 bits per heavy atom. The molecule has 4 atom stereocenters. The van der Waals surface area contributed by atoms with Gasteiger partial charge in [-0.15, -0.1) is 23.5 Å². The Morgan fingerprint density at radius 3 is 2.54 bits per heavy atom. The number of aliphatic carboxylic acids is 1. The molecule has 4 heterocycles. The van der Waals surface area contributed by atoms with E-state index in [0.717, 1.165) is 5.04 Å². The van der Waals surface area contributed by atoms with E-state index < -0.39 is 30.0 Å². The molecule has 2 aromatic carbocycles. The fourth-order valence-electron chi connectivity index (χ4n) is 6.89. The molecular formula is C36H44FN7O8S2. The van der Waals surface area contributed by atoms with Crippen LogP contribution in [0.2, 0.25) is 0 Å². The largest absolute Gasteiger partial charge is 0.507 e. The molecule has 4 amide bonds. The Hall–Kier alpha value is -4.55. The van der Waals surface area contributed by atoms with Crippen molar-refractivity contribution in [3.8, 4) is 5.75 Å². The predicted molar refractivity (Wildman–Crippen MR) is 204 cm³/mol. The van der Waals surface area contributed by atoms with Gasteiger partial charge in [0.15, 0.2) is 0 Å². The summed E-state index contributed by atoms with van der Waals surface area (Å²) in [4.78, 5) is 72.8. The molecule has 0 saturated carbocycles. The molecule has 0 bridgehead atoms. The lowest BCUT2D eigenvalue weighted by Gasteiger charge is -2.36. The van der Waals surface area contributed by atoms with E-state index in [1.165, 1.54) is 17.9 Å². The van der Waals surface area contributed by atoms with Gasteiger partial charge in [-0.3, -0.25) is 34.0 Å². The van der Waals surface area contributed by atoms with Gasteiger partial charge in [-0.25, -0.2) is 9.18 Å². The zero-order valence-corrected chi connectivity index (χ0v) is 31.5. The van der Waals surface area contributed by atoms with Gasteiger partial charge in [0, 0.05) is 76.1 Å². The van der Waals surface area contributed by atoms with Gasteiger partial charge in [0.05, 0.1) is 35.9 Å². The predicted octanol–water partition coefficient (Wildman–Crippen LogP) is 2.32. The van der Waals surface area contributed by atoms with Crippen molar-refractivity contribution in [2.45, 2.75) is 49.7 Å². The maximum Gasteiger partial charge on any atom is 0.414 e. The van der Waals surface area contributed by atoms with Crippen LogP contribution in [0.1, 0.15) is 31.7 Å². The van der Waals surface area contributed by atoms with E-state index in [-0.39, 0.29) is 60.8 Å². The number of ether oxygens (including phenoxy) is 1. The molecule has 0 aromatic heterocycles. The Morgan fingerprint density at radius 1 is 1.04 bits per heavy atom. The van der Waals surface area contributed by atoms with E-state index in [2.05, 4.69) is 10.6 Å². The van der Waals surface area contributed by atoms with Crippen LogP contribution in [0.3, 0.4) is 0 Å². The van der Waals surface area contributed by atoms with Gasteiger partial charge in [0.1, 0.15) is 28.8 Å². The first kappa shape index (κ1) is 39.2. The van der Waals surface area contributed by atoms with Crippen molar-refractivity contribution in [1.82, 2.24) is 20.4 Å². The van der Waals surface area contributed by atoms with E-state index in [9.17, 15) is 34.2 Å². The second-order valence-corrected chi connectivity index (χ2v) is 15.6. The minimum atomic E-state index is -0.896. The maximum atomic E-state index is 15.2. The highest BCUT2D eigenvalue weighted by Crippen LogP contribution is 2.38. The van der Waals surface area contributed by atoms with Crippen LogP contribution >= 0.6 is 23.5 Å². The van der Waals surface area contributed by atoms with Gasteiger partial charge in [-0.2, -0.15) is 0 Å². The monoisotopic (exact) mass is 785 g/mol. The summed E-state index contributed by atoms with van der Waals surface area (Å²) in [5, 5.41) is 26.2. The number of carbonyl (C=O) groups is 5. The van der Waals surface area contributed by atoms with Crippen molar-refractivity contribution in [3.05, 3.63) is 53.8 Å².